The number of halogens is 2. The number of aryl methyl sites for hydroxylation is 1. The van der Waals surface area contributed by atoms with Crippen LogP contribution in [0.25, 0.3) is 10.9 Å². The Morgan fingerprint density at radius 3 is 2.68 bits per heavy atom. The molecule has 1 unspecified atom stereocenters. The SMILES string of the molecule is Cc1ccc2c(CC(=O)NCC(O)c3c(F)cccc3F)c[nH]c2c1. The summed E-state index contributed by atoms with van der Waals surface area (Å²) >= 11 is 0. The van der Waals surface area contributed by atoms with Gasteiger partial charge in [-0.15, -0.1) is 0 Å². The molecule has 3 rings (SSSR count). The molecule has 0 aliphatic carbocycles. The number of nitrogens with one attached hydrogen (secondary N) is 2. The fraction of sp³-hybridized carbons (Fsp3) is 0.211. The zero-order chi connectivity index (χ0) is 18.0. The lowest BCUT2D eigenvalue weighted by Gasteiger charge is -2.13. The number of amides is 1. The van der Waals surface area contributed by atoms with E-state index in [1.807, 2.05) is 25.1 Å². The van der Waals surface area contributed by atoms with E-state index in [1.165, 1.54) is 6.07 Å². The molecule has 3 aromatic rings. The van der Waals surface area contributed by atoms with Gasteiger partial charge in [0.25, 0.3) is 0 Å². The molecule has 25 heavy (non-hydrogen) atoms. The largest absolute Gasteiger partial charge is 0.386 e. The van der Waals surface area contributed by atoms with Crippen LogP contribution in [0.2, 0.25) is 0 Å². The lowest BCUT2D eigenvalue weighted by Crippen LogP contribution is -2.30. The third kappa shape index (κ3) is 3.69. The van der Waals surface area contributed by atoms with E-state index in [2.05, 4.69) is 10.3 Å². The van der Waals surface area contributed by atoms with Crippen LogP contribution in [0.4, 0.5) is 8.78 Å². The number of hydrogen-bond donors (Lipinski definition) is 3. The van der Waals surface area contributed by atoms with Gasteiger partial charge < -0.3 is 15.4 Å². The van der Waals surface area contributed by atoms with Gasteiger partial charge >= 0.3 is 0 Å². The quantitative estimate of drug-likeness (QED) is 0.666. The average molecular weight is 344 g/mol. The lowest BCUT2D eigenvalue weighted by molar-refractivity contribution is -0.120. The van der Waals surface area contributed by atoms with Crippen LogP contribution in [0, 0.1) is 18.6 Å². The molecule has 0 radical (unpaired) electrons. The normalized spacial score (nSPS) is 12.3. The fourth-order valence-corrected chi connectivity index (χ4v) is 2.82. The molecule has 1 amide bonds. The number of hydrogen-bond acceptors (Lipinski definition) is 2. The molecular formula is C19H18F2N2O2. The molecule has 3 N–H and O–H groups in total. The molecule has 0 bridgehead atoms. The zero-order valence-corrected chi connectivity index (χ0v) is 13.6. The van der Waals surface area contributed by atoms with Crippen LogP contribution in [0.1, 0.15) is 22.8 Å². The summed E-state index contributed by atoms with van der Waals surface area (Å²) in [5.41, 5.74) is 2.43. The Balaban J connectivity index is 1.64. The summed E-state index contributed by atoms with van der Waals surface area (Å²) in [6.07, 6.45) is 0.419. The Morgan fingerprint density at radius 1 is 1.24 bits per heavy atom. The first-order valence-corrected chi connectivity index (χ1v) is 7.91. The lowest BCUT2D eigenvalue weighted by atomic mass is 10.1. The van der Waals surface area contributed by atoms with Gasteiger partial charge in [0, 0.05) is 23.6 Å². The van der Waals surface area contributed by atoms with Crippen molar-refractivity contribution in [2.75, 3.05) is 6.54 Å². The van der Waals surface area contributed by atoms with Crippen molar-refractivity contribution in [3.05, 3.63) is 70.9 Å². The number of carbonyl (C=O) groups excluding carboxylic acids is 1. The van der Waals surface area contributed by atoms with Crippen molar-refractivity contribution in [3.8, 4) is 0 Å². The van der Waals surface area contributed by atoms with Crippen LogP contribution in [0.5, 0.6) is 0 Å². The minimum atomic E-state index is -1.45. The predicted octanol–water partition coefficient (Wildman–Crippen LogP) is 3.15. The van der Waals surface area contributed by atoms with Gasteiger partial charge in [0.2, 0.25) is 5.91 Å². The molecule has 0 spiro atoms. The highest BCUT2D eigenvalue weighted by Gasteiger charge is 2.18. The summed E-state index contributed by atoms with van der Waals surface area (Å²) in [6.45, 7) is 1.72. The van der Waals surface area contributed by atoms with Gasteiger partial charge in [0.15, 0.2) is 0 Å². The van der Waals surface area contributed by atoms with Crippen LogP contribution in [-0.2, 0) is 11.2 Å². The molecule has 1 heterocycles. The topological polar surface area (TPSA) is 65.1 Å². The number of aromatic nitrogens is 1. The van der Waals surface area contributed by atoms with E-state index in [4.69, 9.17) is 0 Å². The predicted molar refractivity (Wildman–Crippen MR) is 91.1 cm³/mol. The molecule has 0 aliphatic heterocycles. The second kappa shape index (κ2) is 7.03. The average Bonchev–Trinajstić information content (AvgIpc) is 2.94. The number of aliphatic hydroxyl groups excluding tert-OH is 1. The van der Waals surface area contributed by atoms with E-state index in [0.29, 0.717) is 0 Å². The first kappa shape index (κ1) is 17.1. The second-order valence-electron chi connectivity index (χ2n) is 5.99. The van der Waals surface area contributed by atoms with Gasteiger partial charge in [-0.05, 0) is 36.2 Å². The molecule has 0 fully saturated rings. The first-order chi connectivity index (χ1) is 12.0. The molecule has 4 nitrogen and oxygen atoms in total. The highest BCUT2D eigenvalue weighted by Crippen LogP contribution is 2.21. The van der Waals surface area contributed by atoms with E-state index in [1.54, 1.807) is 6.20 Å². The Morgan fingerprint density at radius 2 is 1.96 bits per heavy atom. The summed E-state index contributed by atoms with van der Waals surface area (Å²) in [4.78, 5) is 15.2. The molecule has 0 saturated heterocycles. The number of rotatable bonds is 5. The Kier molecular flexibility index (Phi) is 4.81. The number of aliphatic hydroxyl groups is 1. The maximum absolute atomic E-state index is 13.6. The third-order valence-electron chi connectivity index (χ3n) is 4.10. The third-order valence-corrected chi connectivity index (χ3v) is 4.10. The van der Waals surface area contributed by atoms with Crippen LogP contribution in [-0.4, -0.2) is 22.5 Å². The van der Waals surface area contributed by atoms with Crippen molar-refractivity contribution in [1.29, 1.82) is 0 Å². The monoisotopic (exact) mass is 344 g/mol. The van der Waals surface area contributed by atoms with Crippen LogP contribution in [0.3, 0.4) is 0 Å². The summed E-state index contributed by atoms with van der Waals surface area (Å²) in [5.74, 6) is -2.01. The van der Waals surface area contributed by atoms with Crippen LogP contribution < -0.4 is 5.32 Å². The van der Waals surface area contributed by atoms with Crippen LogP contribution in [0.15, 0.2) is 42.6 Å². The van der Waals surface area contributed by atoms with Crippen molar-refractivity contribution in [1.82, 2.24) is 10.3 Å². The highest BCUT2D eigenvalue weighted by atomic mass is 19.1. The molecule has 0 aliphatic rings. The number of H-pyrrole nitrogens is 1. The number of aromatic amines is 1. The van der Waals surface area contributed by atoms with Crippen molar-refractivity contribution in [3.63, 3.8) is 0 Å². The van der Waals surface area contributed by atoms with E-state index in [0.717, 1.165) is 34.2 Å². The summed E-state index contributed by atoms with van der Waals surface area (Å²) in [5, 5.41) is 13.4. The van der Waals surface area contributed by atoms with Crippen molar-refractivity contribution in [2.45, 2.75) is 19.4 Å². The summed E-state index contributed by atoms with van der Waals surface area (Å²) in [6, 6.07) is 9.24. The Labute approximate surface area is 143 Å². The smallest absolute Gasteiger partial charge is 0.224 e. The number of carbonyl (C=O) groups is 1. The van der Waals surface area contributed by atoms with E-state index >= 15 is 0 Å². The van der Waals surface area contributed by atoms with Gasteiger partial charge in [-0.2, -0.15) is 0 Å². The van der Waals surface area contributed by atoms with Gasteiger partial charge in [-0.1, -0.05) is 18.2 Å². The zero-order valence-electron chi connectivity index (χ0n) is 13.6. The van der Waals surface area contributed by atoms with Gasteiger partial charge in [-0.25, -0.2) is 8.78 Å². The van der Waals surface area contributed by atoms with Gasteiger partial charge in [-0.3, -0.25) is 4.79 Å². The molecule has 2 aromatic carbocycles. The standard InChI is InChI=1S/C19H18F2N2O2/c1-11-5-6-13-12(9-22-16(13)7-11)8-18(25)23-10-17(24)19-14(20)3-2-4-15(19)21/h2-7,9,17,22,24H,8,10H2,1H3,(H,23,25). The molecule has 6 heteroatoms. The second-order valence-corrected chi connectivity index (χ2v) is 5.99. The van der Waals surface area contributed by atoms with E-state index < -0.39 is 23.3 Å². The first-order valence-electron chi connectivity index (χ1n) is 7.91. The molecule has 1 atom stereocenters. The minimum absolute atomic E-state index is 0.107. The van der Waals surface area contributed by atoms with Gasteiger partial charge in [0.05, 0.1) is 12.0 Å². The van der Waals surface area contributed by atoms with Crippen molar-refractivity contribution < 1.29 is 18.7 Å². The van der Waals surface area contributed by atoms with Crippen LogP contribution >= 0.6 is 0 Å². The maximum atomic E-state index is 13.6. The molecule has 130 valence electrons. The Hall–Kier alpha value is -2.73. The van der Waals surface area contributed by atoms with Gasteiger partial charge in [0.1, 0.15) is 17.7 Å². The fourth-order valence-electron chi connectivity index (χ4n) is 2.82. The Bertz CT molecular complexity index is 901. The summed E-state index contributed by atoms with van der Waals surface area (Å²) in [7, 11) is 0. The molecule has 0 saturated carbocycles. The minimum Gasteiger partial charge on any atom is -0.386 e. The molecular weight excluding hydrogens is 326 g/mol. The number of fused-ring (bicyclic) bond motifs is 1. The highest BCUT2D eigenvalue weighted by molar-refractivity contribution is 5.89. The van der Waals surface area contributed by atoms with E-state index in [9.17, 15) is 18.7 Å². The molecule has 1 aromatic heterocycles. The van der Waals surface area contributed by atoms with Crippen molar-refractivity contribution in [2.24, 2.45) is 0 Å². The number of benzene rings is 2. The summed E-state index contributed by atoms with van der Waals surface area (Å²) < 4.78 is 27.2. The maximum Gasteiger partial charge on any atom is 0.224 e. The van der Waals surface area contributed by atoms with E-state index in [-0.39, 0.29) is 18.9 Å². The van der Waals surface area contributed by atoms with Crippen molar-refractivity contribution >= 4 is 16.8 Å².